The Bertz CT molecular complexity index is 3280. The molecule has 492 valence electrons. The average Bonchev–Trinajstić information content (AvgIpc) is 1.75. The molecule has 6 atom stereocenters. The van der Waals surface area contributed by atoms with Crippen LogP contribution >= 0.6 is 0 Å². The molecular weight excluding hydrogens is 1180 g/mol. The number of aliphatic hydroxyl groups is 1. The summed E-state index contributed by atoms with van der Waals surface area (Å²) >= 11 is 0. The Morgan fingerprint density at radius 2 is 1.25 bits per heavy atom. The van der Waals surface area contributed by atoms with Crippen LogP contribution in [0.15, 0.2) is 127 Å². The zero-order valence-electron chi connectivity index (χ0n) is 54.3. The molecule has 0 fully saturated rings. The van der Waals surface area contributed by atoms with Crippen molar-refractivity contribution in [2.75, 3.05) is 25.6 Å². The molecule has 0 bridgehead atoms. The van der Waals surface area contributed by atoms with Gasteiger partial charge in [-0.1, -0.05) is 152 Å². The molecule has 0 unspecified atom stereocenters. The van der Waals surface area contributed by atoms with Crippen molar-refractivity contribution in [1.82, 2.24) is 15.5 Å². The smallest absolute Gasteiger partial charge is 0.362 e. The molecule has 0 aliphatic carbocycles. The summed E-state index contributed by atoms with van der Waals surface area (Å²) in [4.78, 5) is 116. The maximum absolute atomic E-state index is 14.0. The number of amides is 4. The van der Waals surface area contributed by atoms with Gasteiger partial charge >= 0.3 is 17.9 Å². The normalized spacial score (nSPS) is 14.5. The Hall–Kier alpha value is -8.39. The number of nitrogens with one attached hydrogen (secondary N) is 2. The standard InChI is InChI=1S/C37H54N2O7.C27H24F2N2O3.C7H10F2O2/c1-25(2)19-30(35(43)38-34(26(3)4)36(44)45-8)21-32(41)39(23-28-17-13-10-14-18-28)24-31(40)29(20-27-15-11-9-12-16-27)22-33(42)46-37(5,6)7;1-16(11-20(32)14-17-12-18(28)15-19(29)13-17)26(33)30-25-23-9-4-3-7-21(23)22-8-5-6-10-24(22)31(2)27(25)34;1-4(2)6(11)7(8,9)5(3)10/h9-18,25-26,29-31,34,40H,19-24H2,1-8H3,(H,38,43);3-10,12-13,15-16,25H,11,14H2,1-2H3,(H,30,33);4H,1-3H3/t29-,30-,31-,34+;16-,25+;/m11./s1. The third kappa shape index (κ3) is 23.4. The Kier molecular flexibility index (Phi) is 28.6. The summed E-state index contributed by atoms with van der Waals surface area (Å²) in [6, 6.07) is 35.1. The van der Waals surface area contributed by atoms with Crippen molar-refractivity contribution in [2.24, 2.45) is 35.5 Å². The van der Waals surface area contributed by atoms with Gasteiger partial charge in [0.2, 0.25) is 29.3 Å². The van der Waals surface area contributed by atoms with Crippen LogP contribution in [0.1, 0.15) is 130 Å². The summed E-state index contributed by atoms with van der Waals surface area (Å²) in [5, 5.41) is 17.3. The maximum Gasteiger partial charge on any atom is 0.362 e. The van der Waals surface area contributed by atoms with Gasteiger partial charge in [-0.3, -0.25) is 38.4 Å². The minimum Gasteiger partial charge on any atom is -0.467 e. The third-order valence-corrected chi connectivity index (χ3v) is 15.0. The number of methoxy groups -OCH3 is 1. The van der Waals surface area contributed by atoms with Gasteiger partial charge in [0.25, 0.3) is 5.91 Å². The first kappa shape index (κ1) is 75.1. The summed E-state index contributed by atoms with van der Waals surface area (Å²) < 4.78 is 62.3. The van der Waals surface area contributed by atoms with Crippen LogP contribution < -0.4 is 15.5 Å². The van der Waals surface area contributed by atoms with Crippen LogP contribution in [0.2, 0.25) is 0 Å². The number of anilines is 1. The zero-order valence-corrected chi connectivity index (χ0v) is 54.3. The molecule has 0 aromatic heterocycles. The van der Waals surface area contributed by atoms with E-state index in [4.69, 9.17) is 9.47 Å². The number of carbonyl (C=O) groups is 9. The monoisotopic (exact) mass is 1260 g/mol. The van der Waals surface area contributed by atoms with Gasteiger partial charge in [-0.2, -0.15) is 8.78 Å². The topological polar surface area (TPSA) is 223 Å². The number of rotatable bonds is 26. The zero-order chi connectivity index (χ0) is 68.1. The van der Waals surface area contributed by atoms with Gasteiger partial charge in [0.1, 0.15) is 35.1 Å². The van der Waals surface area contributed by atoms with Crippen LogP contribution in [0.5, 0.6) is 0 Å². The van der Waals surface area contributed by atoms with Gasteiger partial charge in [0.15, 0.2) is 0 Å². The van der Waals surface area contributed by atoms with Crippen molar-refractivity contribution in [1.29, 1.82) is 0 Å². The number of carbonyl (C=O) groups excluding carboxylic acids is 9. The molecular formula is C71H88F4N4O12. The molecule has 1 aliphatic heterocycles. The van der Waals surface area contributed by atoms with E-state index in [-0.39, 0.29) is 73.8 Å². The van der Waals surface area contributed by atoms with Crippen LogP contribution in [-0.2, 0) is 72.0 Å². The maximum atomic E-state index is 14.0. The van der Waals surface area contributed by atoms with E-state index < -0.39 is 100 Å². The van der Waals surface area contributed by atoms with Gasteiger partial charge < -0.3 is 35.0 Å². The number of likely N-dealkylation sites (N-methyl/N-ethyl adjacent to an activating group) is 1. The number of fused-ring (bicyclic) bond motifs is 3. The quantitative estimate of drug-likeness (QED) is 0.0267. The van der Waals surface area contributed by atoms with Crippen LogP contribution in [0, 0.1) is 47.1 Å². The number of Topliss-reactive ketones (excluding diaryl/α,β-unsaturated/α-hetero) is 3. The lowest BCUT2D eigenvalue weighted by Gasteiger charge is -2.31. The molecule has 5 aromatic rings. The Morgan fingerprint density at radius 1 is 0.703 bits per heavy atom. The van der Waals surface area contributed by atoms with Crippen molar-refractivity contribution in [3.63, 3.8) is 0 Å². The van der Waals surface area contributed by atoms with Crippen molar-refractivity contribution in [3.05, 3.63) is 161 Å². The molecule has 0 radical (unpaired) electrons. The Labute approximate surface area is 531 Å². The van der Waals surface area contributed by atoms with E-state index in [1.54, 1.807) is 39.6 Å². The van der Waals surface area contributed by atoms with E-state index in [0.29, 0.717) is 25.3 Å². The average molecular weight is 1270 g/mol. The predicted octanol–water partition coefficient (Wildman–Crippen LogP) is 11.4. The Balaban J connectivity index is 0.000000342. The predicted molar refractivity (Wildman–Crippen MR) is 339 cm³/mol. The number of alkyl halides is 2. The molecule has 5 aromatic carbocycles. The number of ether oxygens (including phenoxy) is 2. The minimum atomic E-state index is -3.80. The fourth-order valence-corrected chi connectivity index (χ4v) is 10.2. The second-order valence-corrected chi connectivity index (χ2v) is 25.0. The van der Waals surface area contributed by atoms with E-state index in [1.165, 1.54) is 25.9 Å². The number of aliphatic hydroxyl groups excluding tert-OH is 1. The van der Waals surface area contributed by atoms with Crippen LogP contribution in [0.25, 0.3) is 11.1 Å². The van der Waals surface area contributed by atoms with Gasteiger partial charge in [-0.25, -0.2) is 13.6 Å². The number of para-hydroxylation sites is 1. The number of hydrogen-bond donors (Lipinski definition) is 3. The van der Waals surface area contributed by atoms with Crippen molar-refractivity contribution >= 4 is 58.6 Å². The first-order chi connectivity index (χ1) is 42.6. The highest BCUT2D eigenvalue weighted by molar-refractivity contribution is 6.08. The van der Waals surface area contributed by atoms with E-state index in [2.05, 4.69) is 10.6 Å². The lowest BCUT2D eigenvalue weighted by molar-refractivity contribution is -0.158. The van der Waals surface area contributed by atoms with E-state index in [1.807, 2.05) is 137 Å². The molecule has 4 amide bonds. The van der Waals surface area contributed by atoms with Gasteiger partial charge in [-0.05, 0) is 91.5 Å². The summed E-state index contributed by atoms with van der Waals surface area (Å²) in [5.41, 5.74) is 4.49. The van der Waals surface area contributed by atoms with E-state index >= 15 is 0 Å². The lowest BCUT2D eigenvalue weighted by atomic mass is 9.89. The van der Waals surface area contributed by atoms with Crippen molar-refractivity contribution in [2.45, 2.75) is 151 Å². The third-order valence-electron chi connectivity index (χ3n) is 15.0. The number of halogens is 4. The number of ketones is 3. The van der Waals surface area contributed by atoms with Crippen molar-refractivity contribution in [3.8, 4) is 11.1 Å². The summed E-state index contributed by atoms with van der Waals surface area (Å²) in [6.07, 6.45) is -0.647. The SMILES string of the molecule is CC(=O)C(F)(F)C(=O)C(C)C.COC(=O)[C@@H](NC(=O)[C@@H](CC(=O)N(Cc1ccccc1)C[C@@H](O)[C@@H](CC(=O)OC(C)(C)C)Cc1ccccc1)CC(C)C)C(C)C.C[C@H](CC(=O)Cc1cc(F)cc(F)c1)C(=O)N[C@@H]1C(=O)N(C)c2ccccc2-c2ccccc21. The number of benzene rings is 5. The molecule has 91 heavy (non-hydrogen) atoms. The van der Waals surface area contributed by atoms with E-state index in [9.17, 15) is 65.8 Å². The molecule has 1 aliphatic rings. The molecule has 0 saturated carbocycles. The number of esters is 2. The summed E-state index contributed by atoms with van der Waals surface area (Å²) in [6.45, 7) is 18.1. The molecule has 3 N–H and O–H groups in total. The Morgan fingerprint density at radius 3 is 1.78 bits per heavy atom. The molecule has 1 heterocycles. The lowest BCUT2D eigenvalue weighted by Crippen LogP contribution is -2.48. The summed E-state index contributed by atoms with van der Waals surface area (Å²) in [5.74, 6) is -13.6. The fraction of sp³-hybridized carbons (Fsp3) is 0.451. The molecule has 16 nitrogen and oxygen atoms in total. The molecule has 20 heteroatoms. The van der Waals surface area contributed by atoms with Gasteiger partial charge in [0, 0.05) is 81.6 Å². The molecule has 6 rings (SSSR count). The van der Waals surface area contributed by atoms with Crippen LogP contribution in [0.3, 0.4) is 0 Å². The second kappa shape index (κ2) is 34.7. The largest absolute Gasteiger partial charge is 0.467 e. The van der Waals surface area contributed by atoms with Gasteiger partial charge in [0.05, 0.1) is 25.3 Å². The molecule has 0 saturated heterocycles. The van der Waals surface area contributed by atoms with Crippen molar-refractivity contribution < 1.29 is 75.3 Å². The van der Waals surface area contributed by atoms with E-state index in [0.717, 1.165) is 46.1 Å². The summed E-state index contributed by atoms with van der Waals surface area (Å²) in [7, 11) is 2.94. The second-order valence-electron chi connectivity index (χ2n) is 25.0. The highest BCUT2D eigenvalue weighted by atomic mass is 19.3. The first-order valence-electron chi connectivity index (χ1n) is 30.4. The van der Waals surface area contributed by atoms with Crippen LogP contribution in [-0.4, -0.2) is 107 Å². The van der Waals surface area contributed by atoms with Crippen LogP contribution in [0.4, 0.5) is 23.2 Å². The highest BCUT2D eigenvalue weighted by Gasteiger charge is 2.45. The minimum absolute atomic E-state index is 0.0246. The first-order valence-corrected chi connectivity index (χ1v) is 30.4. The van der Waals surface area contributed by atoms with Gasteiger partial charge in [-0.15, -0.1) is 0 Å². The number of hydrogen-bond acceptors (Lipinski definition) is 12. The highest BCUT2D eigenvalue weighted by Crippen LogP contribution is 2.40. The number of nitrogens with zero attached hydrogens (tertiary/aromatic N) is 2. The fourth-order valence-electron chi connectivity index (χ4n) is 10.2. The molecule has 0 spiro atoms.